The van der Waals surface area contributed by atoms with Crippen molar-refractivity contribution in [1.29, 1.82) is 0 Å². The molecule has 3 rings (SSSR count). The lowest BCUT2D eigenvalue weighted by Crippen LogP contribution is -2.61. The van der Waals surface area contributed by atoms with Crippen LogP contribution in [0.3, 0.4) is 0 Å². The van der Waals surface area contributed by atoms with E-state index in [4.69, 9.17) is 32.7 Å². The van der Waals surface area contributed by atoms with E-state index in [0.717, 1.165) is 9.80 Å². The highest BCUT2D eigenvalue weighted by Gasteiger charge is 2.58. The first-order valence-electron chi connectivity index (χ1n) is 20.7. The van der Waals surface area contributed by atoms with E-state index in [1.54, 1.807) is 12.1 Å². The third-order valence-corrected chi connectivity index (χ3v) is 11.8. The second-order valence-electron chi connectivity index (χ2n) is 16.4. The number of aliphatic hydroxyl groups is 1. The van der Waals surface area contributed by atoms with Crippen molar-refractivity contribution in [3.8, 4) is 0 Å². The van der Waals surface area contributed by atoms with E-state index in [9.17, 15) is 51.8 Å². The van der Waals surface area contributed by atoms with Gasteiger partial charge in [0.1, 0.15) is 36.3 Å². The number of alkyl halides is 3. The molecule has 2 saturated heterocycles. The molecule has 2 aliphatic heterocycles. The fourth-order valence-electron chi connectivity index (χ4n) is 7.43. The molecule has 354 valence electrons. The predicted molar refractivity (Wildman–Crippen MR) is 225 cm³/mol. The largest absolute Gasteiger partial charge is 0.426 e. The van der Waals surface area contributed by atoms with Crippen molar-refractivity contribution >= 4 is 64.6 Å². The normalized spacial score (nSPS) is 23.7. The van der Waals surface area contributed by atoms with Gasteiger partial charge in [0.15, 0.2) is 0 Å². The number of carbonyl (C=O) groups excluding carboxylic acids is 7. The first kappa shape index (κ1) is 53.1. The molecule has 63 heavy (non-hydrogen) atoms. The summed E-state index contributed by atoms with van der Waals surface area (Å²) in [5, 5.41) is 21.4. The van der Waals surface area contributed by atoms with Crippen molar-refractivity contribution in [2.24, 2.45) is 5.92 Å². The van der Waals surface area contributed by atoms with Crippen LogP contribution in [0.2, 0.25) is 10.0 Å². The van der Waals surface area contributed by atoms with E-state index in [1.165, 1.54) is 34.4 Å². The van der Waals surface area contributed by atoms with Gasteiger partial charge >= 0.3 is 6.18 Å². The Bertz CT molecular complexity index is 1810. The molecule has 17 nitrogen and oxygen atoms in total. The summed E-state index contributed by atoms with van der Waals surface area (Å²) in [6.07, 6.45) is -4.83. The maximum atomic E-state index is 14.5. The molecule has 7 atom stereocenters. The minimum atomic E-state index is -5.33. The zero-order valence-electron chi connectivity index (χ0n) is 36.6. The summed E-state index contributed by atoms with van der Waals surface area (Å²) in [7, 11) is 5.39. The summed E-state index contributed by atoms with van der Waals surface area (Å²) < 4.78 is 51.2. The van der Waals surface area contributed by atoms with Crippen LogP contribution in [0.25, 0.3) is 0 Å². The average Bonchev–Trinajstić information content (AvgIpc) is 3.71. The van der Waals surface area contributed by atoms with Gasteiger partial charge in [-0.1, -0.05) is 37.0 Å². The monoisotopic (exact) mass is 937 g/mol. The molecule has 22 heteroatoms. The van der Waals surface area contributed by atoms with Gasteiger partial charge in [0.25, 0.3) is 5.91 Å². The maximum Gasteiger partial charge on any atom is 0.426 e. The summed E-state index contributed by atoms with van der Waals surface area (Å²) in [4.78, 5) is 100. The molecule has 1 aromatic carbocycles. The molecule has 2 aliphatic rings. The number of methoxy groups -OCH3 is 2. The van der Waals surface area contributed by atoms with E-state index >= 15 is 0 Å². The van der Waals surface area contributed by atoms with Gasteiger partial charge in [0, 0.05) is 64.5 Å². The topological polar surface area (TPSA) is 216 Å². The number of ether oxygens (including phenoxy) is 2. The predicted octanol–water partition coefficient (Wildman–Crippen LogP) is 1.98. The Morgan fingerprint density at radius 3 is 2.27 bits per heavy atom. The smallest absolute Gasteiger partial charge is 0.385 e. The fraction of sp³-hybridized carbons (Fsp3) is 0.683. The van der Waals surface area contributed by atoms with Crippen LogP contribution in [0.5, 0.6) is 0 Å². The Morgan fingerprint density at radius 2 is 1.65 bits per heavy atom. The highest BCUT2D eigenvalue weighted by molar-refractivity contribution is 6.33. The number of likely N-dealkylation sites (N-methyl/N-ethyl adjacent to an activating group) is 2. The minimum Gasteiger partial charge on any atom is -0.385 e. The molecule has 1 aromatic rings. The molecule has 0 saturated carbocycles. The third-order valence-electron chi connectivity index (χ3n) is 11.2. The second-order valence-corrected chi connectivity index (χ2v) is 17.3. The van der Waals surface area contributed by atoms with Crippen LogP contribution in [0.15, 0.2) is 18.2 Å². The summed E-state index contributed by atoms with van der Waals surface area (Å²) >= 11 is 12.8. The number of carbonyl (C=O) groups is 7. The van der Waals surface area contributed by atoms with Crippen molar-refractivity contribution in [2.75, 3.05) is 54.6 Å². The molecule has 2 heterocycles. The van der Waals surface area contributed by atoms with Crippen molar-refractivity contribution in [3.05, 3.63) is 33.8 Å². The number of hydrogen-bond donors (Lipinski definition) is 5. The molecular formula is C41H60Cl2F3N7O10. The standard InChI is InChI=1S/C41H60Cl2F3N7O10/c1-23(2)19-28-38(59)52(5)32(21-24-20-25(42)13-14-26(24)43)36(57)50-29(22-63-7)33(54)47-16-9-8-11-30(34(55)49-28)51(4)37(58)27(15-18-62-6)48-35(56)31-12-10-17-53(31)39(60)40(3,61)41(44,45)46/h13-14,20,23,27-32,61H,8-12,15-19,21-22H2,1-7H3,(H,47,54)(H,48,56)(H,49,55)(H,50,57)/t27-,28?,29+,30?,31-,32?,40+/m0/s1. The van der Waals surface area contributed by atoms with Crippen LogP contribution in [-0.4, -0.2) is 164 Å². The van der Waals surface area contributed by atoms with Crippen LogP contribution in [-0.2, 0) is 49.5 Å². The highest BCUT2D eigenvalue weighted by Crippen LogP contribution is 2.34. The zero-order chi connectivity index (χ0) is 47.4. The Labute approximate surface area is 375 Å². The molecular weight excluding hydrogens is 878 g/mol. The van der Waals surface area contributed by atoms with Crippen LogP contribution in [0, 0.1) is 5.92 Å². The highest BCUT2D eigenvalue weighted by atomic mass is 35.5. The Hall–Kier alpha value is -4.24. The number of amides is 7. The molecule has 0 bridgehead atoms. The van der Waals surface area contributed by atoms with E-state index in [1.807, 2.05) is 13.8 Å². The van der Waals surface area contributed by atoms with Gasteiger partial charge in [-0.05, 0) is 81.5 Å². The van der Waals surface area contributed by atoms with Gasteiger partial charge in [-0.25, -0.2) is 0 Å². The summed E-state index contributed by atoms with van der Waals surface area (Å²) in [5.74, 6) is -6.33. The Kier molecular flexibility index (Phi) is 19.9. The molecule has 7 amide bonds. The summed E-state index contributed by atoms with van der Waals surface area (Å²) in [6.45, 7) is 3.52. The Morgan fingerprint density at radius 1 is 0.984 bits per heavy atom. The van der Waals surface area contributed by atoms with Crippen LogP contribution < -0.4 is 21.3 Å². The van der Waals surface area contributed by atoms with Crippen molar-refractivity contribution in [3.63, 3.8) is 0 Å². The lowest BCUT2D eigenvalue weighted by molar-refractivity contribution is -0.250. The molecule has 3 unspecified atom stereocenters. The van der Waals surface area contributed by atoms with E-state index < -0.39 is 89.4 Å². The van der Waals surface area contributed by atoms with E-state index in [0.29, 0.717) is 28.8 Å². The number of rotatable bonds is 14. The molecule has 0 radical (unpaired) electrons. The van der Waals surface area contributed by atoms with Gasteiger partial charge < -0.3 is 50.5 Å². The molecule has 0 aromatic heterocycles. The van der Waals surface area contributed by atoms with E-state index in [-0.39, 0.29) is 82.2 Å². The molecule has 5 N–H and O–H groups in total. The zero-order valence-corrected chi connectivity index (χ0v) is 38.1. The fourth-order valence-corrected chi connectivity index (χ4v) is 7.82. The van der Waals surface area contributed by atoms with Crippen molar-refractivity contribution in [1.82, 2.24) is 36.0 Å². The number of nitrogens with one attached hydrogen (secondary N) is 4. The Balaban J connectivity index is 2.01. The quantitative estimate of drug-likeness (QED) is 0.183. The first-order valence-corrected chi connectivity index (χ1v) is 21.5. The number of halogens is 5. The van der Waals surface area contributed by atoms with Gasteiger partial charge in [0.2, 0.25) is 41.0 Å². The lowest BCUT2D eigenvalue weighted by Gasteiger charge is -2.35. The second kappa shape index (κ2) is 23.6. The van der Waals surface area contributed by atoms with Gasteiger partial charge in [-0.15, -0.1) is 0 Å². The average molecular weight is 939 g/mol. The van der Waals surface area contributed by atoms with Crippen molar-refractivity contribution in [2.45, 2.75) is 120 Å². The SMILES string of the molecule is COCC[C@H](NC(=O)[C@@H]1CCCN1C(=O)[C@@](C)(O)C(F)(F)F)C(=O)N(C)C1CCCCNC(=O)[C@@H](COC)NC(=O)C(Cc2cc(Cl)ccc2Cl)N(C)C(=O)C(CC(C)C)NC1=O. The van der Waals surface area contributed by atoms with Crippen LogP contribution in [0.4, 0.5) is 13.2 Å². The third kappa shape index (κ3) is 14.1. The van der Waals surface area contributed by atoms with Gasteiger partial charge in [-0.2, -0.15) is 13.2 Å². The number of benzene rings is 1. The van der Waals surface area contributed by atoms with Gasteiger partial charge in [-0.3, -0.25) is 33.6 Å². The first-order chi connectivity index (χ1) is 29.5. The van der Waals surface area contributed by atoms with Crippen LogP contribution in [0.1, 0.15) is 71.3 Å². The molecule has 2 fully saturated rings. The molecule has 0 aliphatic carbocycles. The van der Waals surface area contributed by atoms with Gasteiger partial charge in [0.05, 0.1) is 6.61 Å². The lowest BCUT2D eigenvalue weighted by atomic mass is 9.98. The van der Waals surface area contributed by atoms with Crippen LogP contribution >= 0.6 is 23.2 Å². The molecule has 0 spiro atoms. The van der Waals surface area contributed by atoms with E-state index in [2.05, 4.69) is 21.3 Å². The minimum absolute atomic E-state index is 0.0128. The van der Waals surface area contributed by atoms with Crippen molar-refractivity contribution < 1.29 is 61.3 Å². The summed E-state index contributed by atoms with van der Waals surface area (Å²) in [6, 6.07) is -3.15. The number of nitrogens with zero attached hydrogens (tertiary/aromatic N) is 3. The number of hydrogen-bond acceptors (Lipinski definition) is 10. The number of likely N-dealkylation sites (tertiary alicyclic amines) is 1. The summed E-state index contributed by atoms with van der Waals surface area (Å²) in [5.41, 5.74) is -3.35. The maximum absolute atomic E-state index is 14.5.